The molecule has 0 saturated carbocycles. The van der Waals surface area contributed by atoms with Crippen molar-refractivity contribution in [1.29, 1.82) is 0 Å². The predicted octanol–water partition coefficient (Wildman–Crippen LogP) is 3.50. The molecule has 5 heteroatoms. The van der Waals surface area contributed by atoms with Crippen LogP contribution in [-0.2, 0) is 4.79 Å². The van der Waals surface area contributed by atoms with Gasteiger partial charge in [0.05, 0.1) is 5.69 Å². The molecule has 1 aromatic carbocycles. The van der Waals surface area contributed by atoms with E-state index in [0.29, 0.717) is 5.69 Å². The smallest absolute Gasteiger partial charge is 0.225 e. The lowest BCUT2D eigenvalue weighted by atomic mass is 9.90. The zero-order valence-corrected chi connectivity index (χ0v) is 10.1. The van der Waals surface area contributed by atoms with Crippen LogP contribution in [0.3, 0.4) is 0 Å². The zero-order valence-electron chi connectivity index (χ0n) is 9.24. The Bertz CT molecular complexity index is 623. The summed E-state index contributed by atoms with van der Waals surface area (Å²) in [5.74, 6) is -1.54. The number of rotatable bonds is 1. The third-order valence-corrected chi connectivity index (χ3v) is 4.04. The molecule has 1 amide bonds. The maximum absolute atomic E-state index is 13.8. The van der Waals surface area contributed by atoms with E-state index in [9.17, 15) is 13.6 Å². The minimum atomic E-state index is -0.490. The van der Waals surface area contributed by atoms with E-state index in [1.807, 2.05) is 5.38 Å². The molecule has 3 rings (SSSR count). The molecule has 0 aliphatic carbocycles. The first-order valence-corrected chi connectivity index (χ1v) is 6.35. The zero-order chi connectivity index (χ0) is 12.7. The highest BCUT2D eigenvalue weighted by Crippen LogP contribution is 2.41. The number of benzene rings is 1. The lowest BCUT2D eigenvalue weighted by Crippen LogP contribution is -2.22. The molecule has 2 nitrogen and oxygen atoms in total. The minimum Gasteiger partial charge on any atom is -0.325 e. The second-order valence-corrected chi connectivity index (χ2v) is 5.12. The van der Waals surface area contributed by atoms with Crippen molar-refractivity contribution < 1.29 is 13.6 Å². The van der Waals surface area contributed by atoms with Crippen LogP contribution in [0.15, 0.2) is 29.6 Å². The molecule has 92 valence electrons. The first kappa shape index (κ1) is 11.3. The second kappa shape index (κ2) is 4.17. The van der Waals surface area contributed by atoms with Gasteiger partial charge < -0.3 is 5.32 Å². The number of hydrogen-bond acceptors (Lipinski definition) is 2. The first-order chi connectivity index (χ1) is 8.65. The predicted molar refractivity (Wildman–Crippen MR) is 65.8 cm³/mol. The number of anilines is 1. The number of hydrogen-bond donors (Lipinski definition) is 1. The summed E-state index contributed by atoms with van der Waals surface area (Å²) < 4.78 is 27.0. The van der Waals surface area contributed by atoms with Gasteiger partial charge in [-0.05, 0) is 35.2 Å². The molecule has 1 aromatic heterocycles. The normalized spacial score (nSPS) is 18.3. The van der Waals surface area contributed by atoms with Crippen molar-refractivity contribution >= 4 is 22.9 Å². The van der Waals surface area contributed by atoms with Gasteiger partial charge >= 0.3 is 0 Å². The Kier molecular flexibility index (Phi) is 2.63. The van der Waals surface area contributed by atoms with Crippen molar-refractivity contribution in [3.63, 3.8) is 0 Å². The lowest BCUT2D eigenvalue weighted by molar-refractivity contribution is -0.116. The van der Waals surface area contributed by atoms with Gasteiger partial charge in [0.25, 0.3) is 0 Å². The molecule has 0 spiro atoms. The van der Waals surface area contributed by atoms with Crippen molar-refractivity contribution in [2.24, 2.45) is 0 Å². The highest BCUT2D eigenvalue weighted by molar-refractivity contribution is 7.10. The Morgan fingerprint density at radius 2 is 2.11 bits per heavy atom. The van der Waals surface area contributed by atoms with E-state index in [0.717, 1.165) is 17.0 Å². The summed E-state index contributed by atoms with van der Waals surface area (Å²) in [5, 5.41) is 4.56. The van der Waals surface area contributed by atoms with E-state index in [1.54, 1.807) is 6.07 Å². The molecule has 0 radical (unpaired) electrons. The molecule has 1 N–H and O–H groups in total. The number of nitrogens with one attached hydrogen (secondary N) is 1. The summed E-state index contributed by atoms with van der Waals surface area (Å²) in [7, 11) is 0. The van der Waals surface area contributed by atoms with E-state index in [1.165, 1.54) is 17.4 Å². The summed E-state index contributed by atoms with van der Waals surface area (Å²) in [4.78, 5) is 12.5. The van der Waals surface area contributed by atoms with E-state index >= 15 is 0 Å². The Morgan fingerprint density at radius 1 is 1.28 bits per heavy atom. The number of halogens is 2. The number of thiophene rings is 1. The SMILES string of the molecule is O=C1C[C@@H](c2cc(F)ccc2F)c2sccc2N1. The summed E-state index contributed by atoms with van der Waals surface area (Å²) in [6.45, 7) is 0. The third kappa shape index (κ3) is 1.80. The average Bonchev–Trinajstić information content (AvgIpc) is 2.79. The van der Waals surface area contributed by atoms with Gasteiger partial charge in [0, 0.05) is 17.2 Å². The maximum atomic E-state index is 13.8. The highest BCUT2D eigenvalue weighted by atomic mass is 32.1. The Hall–Kier alpha value is -1.75. The largest absolute Gasteiger partial charge is 0.325 e. The monoisotopic (exact) mass is 265 g/mol. The van der Waals surface area contributed by atoms with Gasteiger partial charge in [0.1, 0.15) is 11.6 Å². The highest BCUT2D eigenvalue weighted by Gasteiger charge is 2.29. The molecule has 1 aliphatic heterocycles. The molecular formula is C13H9F2NOS. The van der Waals surface area contributed by atoms with Gasteiger partial charge in [-0.15, -0.1) is 11.3 Å². The van der Waals surface area contributed by atoms with Crippen molar-refractivity contribution in [3.05, 3.63) is 51.7 Å². The van der Waals surface area contributed by atoms with Gasteiger partial charge in [0.15, 0.2) is 0 Å². The van der Waals surface area contributed by atoms with E-state index < -0.39 is 17.6 Å². The van der Waals surface area contributed by atoms with Crippen molar-refractivity contribution in [1.82, 2.24) is 0 Å². The van der Waals surface area contributed by atoms with Crippen LogP contribution in [0.1, 0.15) is 22.8 Å². The summed E-state index contributed by atoms with van der Waals surface area (Å²) in [5.41, 5.74) is 0.943. The minimum absolute atomic E-state index is 0.147. The second-order valence-electron chi connectivity index (χ2n) is 4.17. The quantitative estimate of drug-likeness (QED) is 0.840. The standard InChI is InChI=1S/C13H9F2NOS/c14-7-1-2-10(15)8(5-7)9-6-12(17)16-11-3-4-18-13(9)11/h1-5,9H,6H2,(H,16,17)/t9-/m0/s1. The van der Waals surface area contributed by atoms with Gasteiger partial charge in [-0.3, -0.25) is 4.79 Å². The average molecular weight is 265 g/mol. The number of amides is 1. The number of fused-ring (bicyclic) bond motifs is 1. The van der Waals surface area contributed by atoms with Crippen LogP contribution in [0.4, 0.5) is 14.5 Å². The lowest BCUT2D eigenvalue weighted by Gasteiger charge is -2.23. The fourth-order valence-electron chi connectivity index (χ4n) is 2.21. The van der Waals surface area contributed by atoms with Crippen LogP contribution in [0.25, 0.3) is 0 Å². The summed E-state index contributed by atoms with van der Waals surface area (Å²) in [6.07, 6.45) is 0.147. The van der Waals surface area contributed by atoms with Crippen molar-refractivity contribution in [2.75, 3.05) is 5.32 Å². The molecule has 0 fully saturated rings. The fraction of sp³-hybridized carbons (Fsp3) is 0.154. The van der Waals surface area contributed by atoms with Crippen LogP contribution >= 0.6 is 11.3 Å². The van der Waals surface area contributed by atoms with Crippen LogP contribution < -0.4 is 5.32 Å². The third-order valence-electron chi connectivity index (χ3n) is 3.01. The molecule has 1 atom stereocenters. The van der Waals surface area contributed by atoms with Crippen molar-refractivity contribution in [3.8, 4) is 0 Å². The molecule has 2 heterocycles. The van der Waals surface area contributed by atoms with E-state index in [-0.39, 0.29) is 17.9 Å². The molecule has 0 unspecified atom stereocenters. The Balaban J connectivity index is 2.13. The van der Waals surface area contributed by atoms with Crippen molar-refractivity contribution in [2.45, 2.75) is 12.3 Å². The van der Waals surface area contributed by atoms with Crippen LogP contribution in [0.5, 0.6) is 0 Å². The topological polar surface area (TPSA) is 29.1 Å². The first-order valence-electron chi connectivity index (χ1n) is 5.47. The molecule has 0 bridgehead atoms. The van der Waals surface area contributed by atoms with Crippen LogP contribution in [0, 0.1) is 11.6 Å². The van der Waals surface area contributed by atoms with Crippen LogP contribution in [0.2, 0.25) is 0 Å². The fourth-order valence-corrected chi connectivity index (χ4v) is 3.18. The van der Waals surface area contributed by atoms with Gasteiger partial charge in [-0.1, -0.05) is 0 Å². The number of carbonyl (C=O) groups is 1. The van der Waals surface area contributed by atoms with Crippen LogP contribution in [-0.4, -0.2) is 5.91 Å². The van der Waals surface area contributed by atoms with E-state index in [2.05, 4.69) is 5.32 Å². The van der Waals surface area contributed by atoms with Gasteiger partial charge in [0.2, 0.25) is 5.91 Å². The van der Waals surface area contributed by atoms with Gasteiger partial charge in [-0.25, -0.2) is 8.78 Å². The molecule has 2 aromatic rings. The molecule has 1 aliphatic rings. The summed E-state index contributed by atoms with van der Waals surface area (Å²) >= 11 is 1.44. The molecular weight excluding hydrogens is 256 g/mol. The Labute approximate surface area is 106 Å². The van der Waals surface area contributed by atoms with E-state index in [4.69, 9.17) is 0 Å². The summed E-state index contributed by atoms with van der Waals surface area (Å²) in [6, 6.07) is 5.13. The molecule has 18 heavy (non-hydrogen) atoms. The maximum Gasteiger partial charge on any atom is 0.225 e. The molecule has 0 saturated heterocycles. The van der Waals surface area contributed by atoms with Gasteiger partial charge in [-0.2, -0.15) is 0 Å². The Morgan fingerprint density at radius 3 is 2.94 bits per heavy atom. The number of carbonyl (C=O) groups excluding carboxylic acids is 1.